The molecule has 154 valence electrons. The van der Waals surface area contributed by atoms with Crippen LogP contribution in [0.2, 0.25) is 0 Å². The van der Waals surface area contributed by atoms with E-state index in [1.165, 1.54) is 11.1 Å². The lowest BCUT2D eigenvalue weighted by Crippen LogP contribution is -2.44. The average molecular weight is 393 g/mol. The standard InChI is InChI=1S/C23H32N6/c1-3-24-23(29-11-10-20-6-4-5-7-21(20)18-29)26-17-19-8-9-22(25-16-19)28-14-12-27(2)13-15-28/h4-9,16H,3,10-15,17-18H2,1-2H3,(H,24,26). The first-order valence-corrected chi connectivity index (χ1v) is 10.7. The first-order chi connectivity index (χ1) is 14.2. The van der Waals surface area contributed by atoms with Gasteiger partial charge in [-0.1, -0.05) is 30.3 Å². The number of hydrogen-bond donors (Lipinski definition) is 1. The third-order valence-electron chi connectivity index (χ3n) is 5.81. The summed E-state index contributed by atoms with van der Waals surface area (Å²) in [5.74, 6) is 2.07. The average Bonchev–Trinajstić information content (AvgIpc) is 2.77. The molecule has 1 N–H and O–H groups in total. The largest absolute Gasteiger partial charge is 0.356 e. The maximum atomic E-state index is 4.90. The number of aliphatic imine (C=N–C) groups is 1. The minimum absolute atomic E-state index is 0.649. The Morgan fingerprint density at radius 1 is 1.03 bits per heavy atom. The summed E-state index contributed by atoms with van der Waals surface area (Å²) in [4.78, 5) is 16.7. The molecule has 6 nitrogen and oxygen atoms in total. The lowest BCUT2D eigenvalue weighted by molar-refractivity contribution is 0.312. The Kier molecular flexibility index (Phi) is 6.30. The second kappa shape index (κ2) is 9.27. The van der Waals surface area contributed by atoms with E-state index in [4.69, 9.17) is 9.98 Å². The highest BCUT2D eigenvalue weighted by Gasteiger charge is 2.19. The summed E-state index contributed by atoms with van der Waals surface area (Å²) in [6.07, 6.45) is 3.05. The maximum absolute atomic E-state index is 4.90. The van der Waals surface area contributed by atoms with E-state index in [2.05, 4.69) is 70.4 Å². The van der Waals surface area contributed by atoms with Crippen LogP contribution in [0.5, 0.6) is 0 Å². The van der Waals surface area contributed by atoms with Crippen molar-refractivity contribution in [1.29, 1.82) is 0 Å². The zero-order chi connectivity index (χ0) is 20.1. The van der Waals surface area contributed by atoms with Crippen LogP contribution in [-0.2, 0) is 19.5 Å². The number of pyridine rings is 1. The number of likely N-dealkylation sites (N-methyl/N-ethyl adjacent to an activating group) is 1. The van der Waals surface area contributed by atoms with Gasteiger partial charge >= 0.3 is 0 Å². The van der Waals surface area contributed by atoms with Crippen molar-refractivity contribution in [3.05, 3.63) is 59.3 Å². The summed E-state index contributed by atoms with van der Waals surface area (Å²) < 4.78 is 0. The molecule has 2 aliphatic rings. The lowest BCUT2D eigenvalue weighted by Gasteiger charge is -2.33. The van der Waals surface area contributed by atoms with Crippen LogP contribution < -0.4 is 10.2 Å². The molecule has 0 amide bonds. The topological polar surface area (TPSA) is 47.0 Å². The van der Waals surface area contributed by atoms with Crippen molar-refractivity contribution < 1.29 is 0 Å². The molecule has 1 saturated heterocycles. The van der Waals surface area contributed by atoms with Gasteiger partial charge in [0.15, 0.2) is 5.96 Å². The Labute approximate surface area is 174 Å². The van der Waals surface area contributed by atoms with Gasteiger partial charge in [0.25, 0.3) is 0 Å². The summed E-state index contributed by atoms with van der Waals surface area (Å²) in [6, 6.07) is 13.0. The van der Waals surface area contributed by atoms with E-state index in [-0.39, 0.29) is 0 Å². The van der Waals surface area contributed by atoms with Gasteiger partial charge in [-0.05, 0) is 43.1 Å². The highest BCUT2D eigenvalue weighted by molar-refractivity contribution is 5.80. The van der Waals surface area contributed by atoms with Crippen molar-refractivity contribution in [2.24, 2.45) is 4.99 Å². The first-order valence-electron chi connectivity index (χ1n) is 10.7. The van der Waals surface area contributed by atoms with E-state index < -0.39 is 0 Å². The zero-order valence-electron chi connectivity index (χ0n) is 17.6. The summed E-state index contributed by atoms with van der Waals surface area (Å²) in [5.41, 5.74) is 4.02. The molecule has 0 aliphatic carbocycles. The van der Waals surface area contributed by atoms with Crippen LogP contribution in [0, 0.1) is 0 Å². The second-order valence-corrected chi connectivity index (χ2v) is 7.93. The summed E-state index contributed by atoms with van der Waals surface area (Å²) in [5, 5.41) is 3.46. The van der Waals surface area contributed by atoms with Gasteiger partial charge in [-0.15, -0.1) is 0 Å². The number of rotatable bonds is 4. The van der Waals surface area contributed by atoms with Crippen molar-refractivity contribution in [3.8, 4) is 0 Å². The number of piperazine rings is 1. The van der Waals surface area contributed by atoms with Crippen LogP contribution in [0.25, 0.3) is 0 Å². The smallest absolute Gasteiger partial charge is 0.194 e. The van der Waals surface area contributed by atoms with Crippen molar-refractivity contribution in [2.75, 3.05) is 51.2 Å². The fourth-order valence-corrected chi connectivity index (χ4v) is 4.00. The Bertz CT molecular complexity index is 824. The summed E-state index contributed by atoms with van der Waals surface area (Å²) in [6.45, 7) is 9.85. The van der Waals surface area contributed by atoms with Crippen LogP contribution >= 0.6 is 0 Å². The van der Waals surface area contributed by atoms with Crippen LogP contribution in [0.4, 0.5) is 5.82 Å². The molecule has 0 saturated carbocycles. The van der Waals surface area contributed by atoms with E-state index in [0.29, 0.717) is 6.54 Å². The predicted molar refractivity (Wildman–Crippen MR) is 119 cm³/mol. The molecule has 4 rings (SSSR count). The maximum Gasteiger partial charge on any atom is 0.194 e. The van der Waals surface area contributed by atoms with Crippen LogP contribution in [0.3, 0.4) is 0 Å². The number of nitrogens with one attached hydrogen (secondary N) is 1. The molecule has 1 fully saturated rings. The number of guanidine groups is 1. The molecule has 0 atom stereocenters. The van der Waals surface area contributed by atoms with Gasteiger partial charge in [0.05, 0.1) is 6.54 Å². The fourth-order valence-electron chi connectivity index (χ4n) is 4.00. The lowest BCUT2D eigenvalue weighted by atomic mass is 10.0. The minimum Gasteiger partial charge on any atom is -0.356 e. The second-order valence-electron chi connectivity index (χ2n) is 7.93. The molecule has 6 heteroatoms. The van der Waals surface area contributed by atoms with E-state index in [1.54, 1.807) is 0 Å². The quantitative estimate of drug-likeness (QED) is 0.639. The summed E-state index contributed by atoms with van der Waals surface area (Å²) in [7, 11) is 2.18. The van der Waals surface area contributed by atoms with Gasteiger partial charge in [-0.2, -0.15) is 0 Å². The first kappa shape index (κ1) is 19.7. The number of hydrogen-bond acceptors (Lipinski definition) is 4. The molecular formula is C23H32N6. The van der Waals surface area contributed by atoms with Crippen LogP contribution in [-0.4, -0.2) is 67.1 Å². The Hall–Kier alpha value is -2.60. The number of anilines is 1. The van der Waals surface area contributed by atoms with Crippen LogP contribution in [0.1, 0.15) is 23.6 Å². The molecule has 1 aromatic heterocycles. The van der Waals surface area contributed by atoms with Gasteiger partial charge in [0, 0.05) is 52.0 Å². The normalized spacial score (nSPS) is 17.9. The Morgan fingerprint density at radius 2 is 1.83 bits per heavy atom. The highest BCUT2D eigenvalue weighted by atomic mass is 15.3. The van der Waals surface area contributed by atoms with Gasteiger partial charge < -0.3 is 20.0 Å². The minimum atomic E-state index is 0.649. The number of nitrogens with zero attached hydrogens (tertiary/aromatic N) is 5. The number of fused-ring (bicyclic) bond motifs is 1. The molecule has 2 aromatic rings. The van der Waals surface area contributed by atoms with Crippen LogP contribution in [0.15, 0.2) is 47.6 Å². The number of benzene rings is 1. The summed E-state index contributed by atoms with van der Waals surface area (Å²) >= 11 is 0. The molecule has 29 heavy (non-hydrogen) atoms. The van der Waals surface area contributed by atoms with E-state index in [0.717, 1.165) is 69.6 Å². The SMILES string of the molecule is CCNC(=NCc1ccc(N2CCN(C)CC2)nc1)N1CCc2ccccc2C1. The van der Waals surface area contributed by atoms with Crippen molar-refractivity contribution in [1.82, 2.24) is 20.1 Å². The molecule has 0 radical (unpaired) electrons. The van der Waals surface area contributed by atoms with Crippen molar-refractivity contribution in [3.63, 3.8) is 0 Å². The van der Waals surface area contributed by atoms with Crippen molar-refractivity contribution >= 4 is 11.8 Å². The Balaban J connectivity index is 1.40. The van der Waals surface area contributed by atoms with Gasteiger partial charge in [-0.3, -0.25) is 0 Å². The molecule has 1 aromatic carbocycles. The fraction of sp³-hybridized carbons (Fsp3) is 0.478. The Morgan fingerprint density at radius 3 is 2.55 bits per heavy atom. The monoisotopic (exact) mass is 392 g/mol. The van der Waals surface area contributed by atoms with E-state index >= 15 is 0 Å². The van der Waals surface area contributed by atoms with Gasteiger partial charge in [0.1, 0.15) is 5.82 Å². The van der Waals surface area contributed by atoms with E-state index in [1.807, 2.05) is 6.20 Å². The molecule has 2 aliphatic heterocycles. The van der Waals surface area contributed by atoms with Gasteiger partial charge in [-0.25, -0.2) is 9.98 Å². The van der Waals surface area contributed by atoms with Crippen molar-refractivity contribution in [2.45, 2.75) is 26.4 Å². The highest BCUT2D eigenvalue weighted by Crippen LogP contribution is 2.19. The molecule has 0 spiro atoms. The number of aromatic nitrogens is 1. The third-order valence-corrected chi connectivity index (χ3v) is 5.81. The molecular weight excluding hydrogens is 360 g/mol. The molecule has 0 bridgehead atoms. The third kappa shape index (κ3) is 4.88. The predicted octanol–water partition coefficient (Wildman–Crippen LogP) is 2.36. The van der Waals surface area contributed by atoms with E-state index in [9.17, 15) is 0 Å². The molecule has 0 unspecified atom stereocenters. The van der Waals surface area contributed by atoms with Gasteiger partial charge in [0.2, 0.25) is 0 Å². The molecule has 3 heterocycles. The zero-order valence-corrected chi connectivity index (χ0v) is 17.6.